The molecule has 0 radical (unpaired) electrons. The molecule has 1 amide bonds. The molecular weight excluding hydrogens is 194 g/mol. The fourth-order valence-corrected chi connectivity index (χ4v) is 1.39. The van der Waals surface area contributed by atoms with E-state index in [1.54, 1.807) is 12.1 Å². The molecule has 0 atom stereocenters. The second-order valence-electron chi connectivity index (χ2n) is 3.26. The quantitative estimate of drug-likeness (QED) is 0.721. The summed E-state index contributed by atoms with van der Waals surface area (Å²) in [4.78, 5) is 14.9. The second kappa shape index (κ2) is 3.61. The van der Waals surface area contributed by atoms with Crippen LogP contribution in [-0.2, 0) is 16.1 Å². The predicted octanol–water partition coefficient (Wildman–Crippen LogP) is 1.12. The summed E-state index contributed by atoms with van der Waals surface area (Å²) in [7, 11) is 0. The van der Waals surface area contributed by atoms with E-state index < -0.39 is 0 Å². The summed E-state index contributed by atoms with van der Waals surface area (Å²) in [5.41, 5.74) is 7.86. The van der Waals surface area contributed by atoms with E-state index in [-0.39, 0.29) is 11.9 Å². The lowest BCUT2D eigenvalue weighted by Crippen LogP contribution is -2.18. The van der Waals surface area contributed by atoms with Crippen molar-refractivity contribution in [2.75, 3.05) is 5.32 Å². The SMILES string of the molecule is CC(=O)Nc1ccc2c(c1)COC(N)=N2. The van der Waals surface area contributed by atoms with Gasteiger partial charge in [0, 0.05) is 18.2 Å². The van der Waals surface area contributed by atoms with Crippen molar-refractivity contribution in [3.8, 4) is 0 Å². The fourth-order valence-electron chi connectivity index (χ4n) is 1.39. The highest BCUT2D eigenvalue weighted by atomic mass is 16.5. The van der Waals surface area contributed by atoms with E-state index in [1.807, 2.05) is 6.07 Å². The highest BCUT2D eigenvalue weighted by Gasteiger charge is 2.11. The molecule has 1 aliphatic rings. The van der Waals surface area contributed by atoms with Gasteiger partial charge in [-0.25, -0.2) is 0 Å². The number of nitrogens with one attached hydrogen (secondary N) is 1. The maximum absolute atomic E-state index is 10.8. The van der Waals surface area contributed by atoms with E-state index >= 15 is 0 Å². The zero-order valence-corrected chi connectivity index (χ0v) is 8.28. The molecule has 0 unspecified atom stereocenters. The number of ether oxygens (including phenoxy) is 1. The van der Waals surface area contributed by atoms with Crippen LogP contribution in [0.5, 0.6) is 0 Å². The van der Waals surface area contributed by atoms with Crippen LogP contribution in [0.3, 0.4) is 0 Å². The fraction of sp³-hybridized carbons (Fsp3) is 0.200. The average Bonchev–Trinajstić information content (AvgIpc) is 2.17. The number of carbonyl (C=O) groups excluding carboxylic acids is 1. The van der Waals surface area contributed by atoms with Gasteiger partial charge in [0.05, 0.1) is 5.69 Å². The van der Waals surface area contributed by atoms with Crippen LogP contribution in [-0.4, -0.2) is 11.9 Å². The highest BCUT2D eigenvalue weighted by Crippen LogP contribution is 2.26. The smallest absolute Gasteiger partial charge is 0.287 e. The number of rotatable bonds is 1. The van der Waals surface area contributed by atoms with Crippen molar-refractivity contribution in [1.29, 1.82) is 0 Å². The Labute approximate surface area is 86.9 Å². The number of hydrogen-bond donors (Lipinski definition) is 2. The van der Waals surface area contributed by atoms with Gasteiger partial charge < -0.3 is 15.8 Å². The Kier molecular flexibility index (Phi) is 2.29. The number of amidine groups is 1. The van der Waals surface area contributed by atoms with E-state index in [0.29, 0.717) is 6.61 Å². The van der Waals surface area contributed by atoms with Crippen molar-refractivity contribution < 1.29 is 9.53 Å². The van der Waals surface area contributed by atoms with E-state index in [2.05, 4.69) is 10.3 Å². The molecule has 1 aromatic carbocycles. The predicted molar refractivity (Wildman–Crippen MR) is 56.8 cm³/mol. The van der Waals surface area contributed by atoms with Gasteiger partial charge in [0.2, 0.25) is 5.91 Å². The van der Waals surface area contributed by atoms with E-state index in [1.165, 1.54) is 6.92 Å². The summed E-state index contributed by atoms with van der Waals surface area (Å²) >= 11 is 0. The first kappa shape index (κ1) is 9.51. The van der Waals surface area contributed by atoms with Gasteiger partial charge in [0.1, 0.15) is 6.61 Å². The van der Waals surface area contributed by atoms with Gasteiger partial charge in [-0.3, -0.25) is 4.79 Å². The summed E-state index contributed by atoms with van der Waals surface area (Å²) in [5, 5.41) is 2.69. The summed E-state index contributed by atoms with van der Waals surface area (Å²) < 4.78 is 5.08. The molecular formula is C10H11N3O2. The minimum atomic E-state index is -0.102. The zero-order chi connectivity index (χ0) is 10.8. The largest absolute Gasteiger partial charge is 0.460 e. The number of nitrogens with zero attached hydrogens (tertiary/aromatic N) is 1. The Morgan fingerprint density at radius 1 is 1.60 bits per heavy atom. The first-order valence-electron chi connectivity index (χ1n) is 4.52. The monoisotopic (exact) mass is 205 g/mol. The van der Waals surface area contributed by atoms with Gasteiger partial charge in [-0.15, -0.1) is 0 Å². The number of benzene rings is 1. The van der Waals surface area contributed by atoms with Crippen LogP contribution in [0.25, 0.3) is 0 Å². The van der Waals surface area contributed by atoms with Crippen molar-refractivity contribution in [2.24, 2.45) is 10.7 Å². The number of anilines is 1. The first-order valence-corrected chi connectivity index (χ1v) is 4.52. The molecule has 0 aromatic heterocycles. The van der Waals surface area contributed by atoms with Gasteiger partial charge in [0.15, 0.2) is 0 Å². The highest BCUT2D eigenvalue weighted by molar-refractivity contribution is 5.89. The first-order chi connectivity index (χ1) is 7.15. The van der Waals surface area contributed by atoms with Crippen molar-refractivity contribution in [3.63, 3.8) is 0 Å². The van der Waals surface area contributed by atoms with Crippen LogP contribution in [0.4, 0.5) is 11.4 Å². The van der Waals surface area contributed by atoms with Crippen molar-refractivity contribution in [1.82, 2.24) is 0 Å². The van der Waals surface area contributed by atoms with Gasteiger partial charge in [-0.05, 0) is 18.2 Å². The molecule has 5 nitrogen and oxygen atoms in total. The molecule has 5 heteroatoms. The second-order valence-corrected chi connectivity index (χ2v) is 3.26. The molecule has 1 aliphatic heterocycles. The number of amides is 1. The summed E-state index contributed by atoms with van der Waals surface area (Å²) in [6.45, 7) is 1.85. The molecule has 0 saturated carbocycles. The van der Waals surface area contributed by atoms with Gasteiger partial charge >= 0.3 is 0 Å². The van der Waals surface area contributed by atoms with Gasteiger partial charge in [0.25, 0.3) is 6.02 Å². The standard InChI is InChI=1S/C10H11N3O2/c1-6(14)12-8-2-3-9-7(4-8)5-15-10(11)13-9/h2-4H,5H2,1H3,(H2,11,13)(H,12,14). The van der Waals surface area contributed by atoms with Crippen LogP contribution >= 0.6 is 0 Å². The molecule has 0 aliphatic carbocycles. The molecule has 78 valence electrons. The van der Waals surface area contributed by atoms with Crippen molar-refractivity contribution in [2.45, 2.75) is 13.5 Å². The Morgan fingerprint density at radius 2 is 2.40 bits per heavy atom. The van der Waals surface area contributed by atoms with E-state index in [0.717, 1.165) is 16.9 Å². The average molecular weight is 205 g/mol. The number of aliphatic imine (C=N–C) groups is 1. The zero-order valence-electron chi connectivity index (χ0n) is 8.28. The number of fused-ring (bicyclic) bond motifs is 1. The van der Waals surface area contributed by atoms with Crippen LogP contribution < -0.4 is 11.1 Å². The van der Waals surface area contributed by atoms with Gasteiger partial charge in [-0.1, -0.05) is 0 Å². The van der Waals surface area contributed by atoms with E-state index in [9.17, 15) is 4.79 Å². The van der Waals surface area contributed by atoms with Crippen LogP contribution in [0.1, 0.15) is 12.5 Å². The Balaban J connectivity index is 2.31. The lowest BCUT2D eigenvalue weighted by molar-refractivity contribution is -0.114. The third-order valence-electron chi connectivity index (χ3n) is 2.01. The summed E-state index contributed by atoms with van der Waals surface area (Å²) in [5.74, 6) is -0.102. The molecule has 3 N–H and O–H groups in total. The molecule has 0 bridgehead atoms. The molecule has 1 heterocycles. The third kappa shape index (κ3) is 2.07. The molecule has 0 saturated heterocycles. The number of carbonyl (C=O) groups is 1. The lowest BCUT2D eigenvalue weighted by Gasteiger charge is -2.14. The molecule has 15 heavy (non-hydrogen) atoms. The third-order valence-corrected chi connectivity index (χ3v) is 2.01. The summed E-state index contributed by atoms with van der Waals surface area (Å²) in [6.07, 6.45) is 0. The normalized spacial score (nSPS) is 13.5. The lowest BCUT2D eigenvalue weighted by atomic mass is 10.1. The summed E-state index contributed by atoms with van der Waals surface area (Å²) in [6, 6.07) is 5.58. The topological polar surface area (TPSA) is 76.7 Å². The molecule has 2 rings (SSSR count). The maximum atomic E-state index is 10.8. The van der Waals surface area contributed by atoms with Crippen LogP contribution in [0, 0.1) is 0 Å². The number of nitrogens with two attached hydrogens (primary N) is 1. The maximum Gasteiger partial charge on any atom is 0.287 e. The number of hydrogen-bond acceptors (Lipinski definition) is 4. The molecule has 1 aromatic rings. The van der Waals surface area contributed by atoms with Gasteiger partial charge in [-0.2, -0.15) is 4.99 Å². The molecule has 0 fully saturated rings. The van der Waals surface area contributed by atoms with Crippen molar-refractivity contribution in [3.05, 3.63) is 23.8 Å². The minimum absolute atomic E-state index is 0.102. The van der Waals surface area contributed by atoms with Crippen LogP contribution in [0.2, 0.25) is 0 Å². The minimum Gasteiger partial charge on any atom is -0.460 e. The Morgan fingerprint density at radius 3 is 3.13 bits per heavy atom. The molecule has 0 spiro atoms. The Bertz CT molecular complexity index is 440. The Hall–Kier alpha value is -2.04. The van der Waals surface area contributed by atoms with E-state index in [4.69, 9.17) is 10.5 Å². The van der Waals surface area contributed by atoms with Crippen molar-refractivity contribution >= 4 is 23.3 Å². The van der Waals surface area contributed by atoms with Crippen LogP contribution in [0.15, 0.2) is 23.2 Å².